The third kappa shape index (κ3) is 12.2. The van der Waals surface area contributed by atoms with Crippen molar-refractivity contribution in [2.45, 2.75) is 12.5 Å². The molecule has 0 bridgehead atoms. The van der Waals surface area contributed by atoms with Gasteiger partial charge in [0.25, 0.3) is 0 Å². The van der Waals surface area contributed by atoms with Gasteiger partial charge in [-0.1, -0.05) is 30.3 Å². The molecule has 0 heterocycles. The lowest BCUT2D eigenvalue weighted by Crippen LogP contribution is -2.43. The van der Waals surface area contributed by atoms with E-state index in [2.05, 4.69) is 10.6 Å². The molecule has 0 saturated carbocycles. The summed E-state index contributed by atoms with van der Waals surface area (Å²) in [6.07, 6.45) is 0.0211. The molecule has 0 aliphatic rings. The fourth-order valence-electron chi connectivity index (χ4n) is 2.15. The lowest BCUT2D eigenvalue weighted by molar-refractivity contribution is -0.122. The average Bonchev–Trinajstić information content (AvgIpc) is 2.71. The summed E-state index contributed by atoms with van der Waals surface area (Å²) in [6.45, 7) is 2.99. The molecule has 9 heteroatoms. The molecule has 158 valence electrons. The van der Waals surface area contributed by atoms with Crippen molar-refractivity contribution >= 4 is 12.0 Å². The number of ether oxygens (including phenoxy) is 4. The van der Waals surface area contributed by atoms with Crippen LogP contribution in [0.4, 0.5) is 4.79 Å². The van der Waals surface area contributed by atoms with Crippen LogP contribution in [0.5, 0.6) is 0 Å². The Labute approximate surface area is 165 Å². The summed E-state index contributed by atoms with van der Waals surface area (Å²) >= 11 is 0. The van der Waals surface area contributed by atoms with Gasteiger partial charge in [-0.3, -0.25) is 4.79 Å². The Balaban J connectivity index is 1.87. The van der Waals surface area contributed by atoms with Crippen LogP contribution < -0.4 is 16.4 Å². The van der Waals surface area contributed by atoms with Crippen molar-refractivity contribution in [1.82, 2.24) is 10.6 Å². The van der Waals surface area contributed by atoms with Gasteiger partial charge in [0.05, 0.1) is 45.7 Å². The maximum Gasteiger partial charge on any atom is 0.406 e. The summed E-state index contributed by atoms with van der Waals surface area (Å²) in [5, 5.41) is 5.10. The van der Waals surface area contributed by atoms with E-state index in [4.69, 9.17) is 24.7 Å². The van der Waals surface area contributed by atoms with Crippen LogP contribution in [0.15, 0.2) is 30.3 Å². The van der Waals surface area contributed by atoms with E-state index in [1.807, 2.05) is 30.3 Å². The molecule has 2 amide bonds. The monoisotopic (exact) mass is 397 g/mol. The van der Waals surface area contributed by atoms with Crippen LogP contribution in [0.2, 0.25) is 0 Å². The molecule has 0 aromatic heterocycles. The fraction of sp³-hybridized carbons (Fsp3) is 0.579. The average molecular weight is 397 g/mol. The number of carbonyl (C=O) groups is 2. The van der Waals surface area contributed by atoms with Crippen molar-refractivity contribution in [2.24, 2.45) is 5.73 Å². The van der Waals surface area contributed by atoms with E-state index >= 15 is 0 Å². The molecule has 0 aliphatic heterocycles. The first kappa shape index (κ1) is 23.8. The second-order valence-electron chi connectivity index (χ2n) is 5.81. The van der Waals surface area contributed by atoms with E-state index in [-0.39, 0.29) is 12.5 Å². The van der Waals surface area contributed by atoms with Crippen LogP contribution in [-0.4, -0.2) is 77.9 Å². The predicted molar refractivity (Wildman–Crippen MR) is 104 cm³/mol. The number of rotatable bonds is 15. The lowest BCUT2D eigenvalue weighted by Gasteiger charge is -2.12. The van der Waals surface area contributed by atoms with Crippen molar-refractivity contribution in [1.29, 1.82) is 0 Å². The summed E-state index contributed by atoms with van der Waals surface area (Å²) in [5.41, 5.74) is 6.93. The molecule has 28 heavy (non-hydrogen) atoms. The first-order chi connectivity index (χ1) is 13.6. The van der Waals surface area contributed by atoms with Gasteiger partial charge in [-0.2, -0.15) is 0 Å². The highest BCUT2D eigenvalue weighted by molar-refractivity contribution is 5.81. The molecule has 9 nitrogen and oxygen atoms in total. The van der Waals surface area contributed by atoms with Gasteiger partial charge in [-0.25, -0.2) is 4.79 Å². The standard InChI is InChI=1S/C19H31N3O6/c1-21-19(24)28-14-13-27-12-11-26-10-9-25-8-7-22-18(23)17(20)15-16-5-3-2-4-6-16/h2-6,17H,7-15,20H2,1H3,(H,21,24)(H,22,23)/t17-/m0/s1. The Morgan fingerprint density at radius 2 is 1.50 bits per heavy atom. The molecule has 1 aromatic carbocycles. The van der Waals surface area contributed by atoms with Crippen molar-refractivity contribution < 1.29 is 28.5 Å². The summed E-state index contributed by atoms with van der Waals surface area (Å²) in [4.78, 5) is 22.7. The van der Waals surface area contributed by atoms with E-state index in [9.17, 15) is 9.59 Å². The molecule has 0 saturated heterocycles. The highest BCUT2D eigenvalue weighted by Crippen LogP contribution is 2.01. The summed E-state index contributed by atoms with van der Waals surface area (Å²) in [6, 6.07) is 9.08. The first-order valence-corrected chi connectivity index (χ1v) is 9.28. The quantitative estimate of drug-likeness (QED) is 0.358. The van der Waals surface area contributed by atoms with Crippen molar-refractivity contribution in [3.8, 4) is 0 Å². The number of alkyl carbamates (subject to hydrolysis) is 1. The maximum absolute atomic E-state index is 11.9. The number of hydrogen-bond acceptors (Lipinski definition) is 7. The Kier molecular flexibility index (Phi) is 13.5. The normalized spacial score (nSPS) is 11.6. The van der Waals surface area contributed by atoms with E-state index in [0.29, 0.717) is 52.6 Å². The summed E-state index contributed by atoms with van der Waals surface area (Å²) in [7, 11) is 1.49. The maximum atomic E-state index is 11.9. The Morgan fingerprint density at radius 1 is 0.929 bits per heavy atom. The van der Waals surface area contributed by atoms with E-state index in [1.165, 1.54) is 7.05 Å². The number of benzene rings is 1. The van der Waals surface area contributed by atoms with Gasteiger partial charge in [0.15, 0.2) is 0 Å². The van der Waals surface area contributed by atoms with Crippen LogP contribution in [-0.2, 0) is 30.2 Å². The molecule has 4 N–H and O–H groups in total. The molecule has 1 atom stereocenters. The molecule has 0 aliphatic carbocycles. The van der Waals surface area contributed by atoms with Gasteiger partial charge in [0, 0.05) is 13.6 Å². The summed E-state index contributed by atoms with van der Waals surface area (Å²) in [5.74, 6) is -0.193. The molecular weight excluding hydrogens is 366 g/mol. The van der Waals surface area contributed by atoms with Gasteiger partial charge in [-0.15, -0.1) is 0 Å². The third-order valence-electron chi connectivity index (χ3n) is 3.59. The van der Waals surface area contributed by atoms with Crippen molar-refractivity contribution in [3.05, 3.63) is 35.9 Å². The van der Waals surface area contributed by atoms with Gasteiger partial charge >= 0.3 is 6.09 Å². The molecule has 0 spiro atoms. The number of hydrogen-bond donors (Lipinski definition) is 3. The number of nitrogens with two attached hydrogens (primary N) is 1. The minimum atomic E-state index is -0.576. The zero-order chi connectivity index (χ0) is 20.5. The van der Waals surface area contributed by atoms with E-state index < -0.39 is 12.1 Å². The summed E-state index contributed by atoms with van der Waals surface area (Å²) < 4.78 is 20.7. The Morgan fingerprint density at radius 3 is 2.11 bits per heavy atom. The SMILES string of the molecule is CNC(=O)OCCOCCOCCOCCNC(=O)[C@@H](N)Cc1ccccc1. The largest absolute Gasteiger partial charge is 0.447 e. The Bertz CT molecular complexity index is 544. The van der Waals surface area contributed by atoms with Crippen molar-refractivity contribution in [2.75, 3.05) is 59.8 Å². The molecule has 1 aromatic rings. The number of carbonyl (C=O) groups excluding carboxylic acids is 2. The second kappa shape index (κ2) is 15.8. The zero-order valence-corrected chi connectivity index (χ0v) is 16.4. The first-order valence-electron chi connectivity index (χ1n) is 9.28. The molecule has 0 radical (unpaired) electrons. The van der Waals surface area contributed by atoms with Gasteiger partial charge in [-0.05, 0) is 12.0 Å². The van der Waals surface area contributed by atoms with Crippen LogP contribution in [0.1, 0.15) is 5.56 Å². The van der Waals surface area contributed by atoms with Crippen LogP contribution >= 0.6 is 0 Å². The predicted octanol–water partition coefficient (Wildman–Crippen LogP) is 0.0784. The smallest absolute Gasteiger partial charge is 0.406 e. The van der Waals surface area contributed by atoms with Gasteiger partial charge < -0.3 is 35.3 Å². The van der Waals surface area contributed by atoms with Gasteiger partial charge in [0.2, 0.25) is 5.91 Å². The van der Waals surface area contributed by atoms with Crippen LogP contribution in [0.25, 0.3) is 0 Å². The minimum absolute atomic E-state index is 0.193. The molecule has 1 rings (SSSR count). The highest BCUT2D eigenvalue weighted by Gasteiger charge is 2.13. The van der Waals surface area contributed by atoms with Gasteiger partial charge in [0.1, 0.15) is 6.61 Å². The molecular formula is C19H31N3O6. The van der Waals surface area contributed by atoms with E-state index in [1.54, 1.807) is 0 Å². The number of amides is 2. The zero-order valence-electron chi connectivity index (χ0n) is 16.4. The minimum Gasteiger partial charge on any atom is -0.447 e. The highest BCUT2D eigenvalue weighted by atomic mass is 16.6. The van der Waals surface area contributed by atoms with E-state index in [0.717, 1.165) is 5.56 Å². The van der Waals surface area contributed by atoms with Crippen LogP contribution in [0.3, 0.4) is 0 Å². The number of nitrogens with one attached hydrogen (secondary N) is 2. The topological polar surface area (TPSA) is 121 Å². The molecule has 0 fully saturated rings. The fourth-order valence-corrected chi connectivity index (χ4v) is 2.15. The lowest BCUT2D eigenvalue weighted by atomic mass is 10.1. The van der Waals surface area contributed by atoms with Crippen LogP contribution in [0, 0.1) is 0 Å². The third-order valence-corrected chi connectivity index (χ3v) is 3.59. The van der Waals surface area contributed by atoms with Crippen molar-refractivity contribution in [3.63, 3.8) is 0 Å². The Hall–Kier alpha value is -2.20. The second-order valence-corrected chi connectivity index (χ2v) is 5.81. The molecule has 0 unspecified atom stereocenters.